The SMILES string of the molecule is CCOc1ccc(NC(=S)NCCc2cc3ccc(C)cc3[nH]c2=O)cc1. The molecule has 0 aliphatic rings. The summed E-state index contributed by atoms with van der Waals surface area (Å²) in [5.74, 6) is 0.827. The molecule has 0 spiro atoms. The molecule has 0 aliphatic carbocycles. The van der Waals surface area contributed by atoms with Crippen molar-refractivity contribution in [3.8, 4) is 5.75 Å². The normalized spacial score (nSPS) is 10.6. The van der Waals surface area contributed by atoms with Crippen LogP contribution in [0.1, 0.15) is 18.1 Å². The standard InChI is InChI=1S/C21H23N3O2S/c1-3-26-18-8-6-17(7-9-18)23-21(27)22-11-10-16-13-15-5-4-14(2)12-19(15)24-20(16)25/h4-9,12-13H,3,10-11H2,1-2H3,(H,24,25)(H2,22,23,27). The fourth-order valence-electron chi connectivity index (χ4n) is 2.83. The summed E-state index contributed by atoms with van der Waals surface area (Å²) in [4.78, 5) is 15.2. The highest BCUT2D eigenvalue weighted by molar-refractivity contribution is 7.80. The molecule has 0 saturated carbocycles. The van der Waals surface area contributed by atoms with Crippen LogP contribution in [0.15, 0.2) is 53.3 Å². The Hall–Kier alpha value is -2.86. The first kappa shape index (κ1) is 18.9. The van der Waals surface area contributed by atoms with Gasteiger partial charge in [0.25, 0.3) is 5.56 Å². The summed E-state index contributed by atoms with van der Waals surface area (Å²) in [6.07, 6.45) is 0.588. The molecule has 0 atom stereocenters. The van der Waals surface area contributed by atoms with Crippen LogP contribution >= 0.6 is 12.2 Å². The maximum absolute atomic E-state index is 12.3. The second-order valence-electron chi connectivity index (χ2n) is 6.30. The molecule has 0 unspecified atom stereocenters. The highest BCUT2D eigenvalue weighted by Gasteiger charge is 2.04. The summed E-state index contributed by atoms with van der Waals surface area (Å²) >= 11 is 5.32. The molecule has 0 amide bonds. The van der Waals surface area contributed by atoms with Crippen molar-refractivity contribution in [3.05, 3.63) is 70.0 Å². The summed E-state index contributed by atoms with van der Waals surface area (Å²) in [6.45, 7) is 5.17. The molecule has 3 N–H and O–H groups in total. The van der Waals surface area contributed by atoms with Crippen LogP contribution < -0.4 is 20.9 Å². The summed E-state index contributed by atoms with van der Waals surface area (Å²) in [5, 5.41) is 7.82. The monoisotopic (exact) mass is 381 g/mol. The van der Waals surface area contributed by atoms with Gasteiger partial charge < -0.3 is 20.4 Å². The summed E-state index contributed by atoms with van der Waals surface area (Å²) in [6, 6.07) is 15.6. The van der Waals surface area contributed by atoms with E-state index >= 15 is 0 Å². The van der Waals surface area contributed by atoms with E-state index in [-0.39, 0.29) is 5.56 Å². The van der Waals surface area contributed by atoms with Crippen molar-refractivity contribution in [2.75, 3.05) is 18.5 Å². The Kier molecular flexibility index (Phi) is 6.08. The lowest BCUT2D eigenvalue weighted by Gasteiger charge is -2.11. The number of H-pyrrole nitrogens is 1. The average molecular weight is 382 g/mol. The third-order valence-electron chi connectivity index (χ3n) is 4.18. The van der Waals surface area contributed by atoms with Gasteiger partial charge in [-0.25, -0.2) is 0 Å². The molecule has 3 aromatic rings. The Morgan fingerprint density at radius 1 is 1.15 bits per heavy atom. The summed E-state index contributed by atoms with van der Waals surface area (Å²) < 4.78 is 5.42. The molecule has 1 heterocycles. The van der Waals surface area contributed by atoms with Gasteiger partial charge in [-0.15, -0.1) is 0 Å². The van der Waals surface area contributed by atoms with Gasteiger partial charge in [-0.05, 0) is 79.8 Å². The molecule has 140 valence electrons. The van der Waals surface area contributed by atoms with Gasteiger partial charge in [0.05, 0.1) is 6.61 Å². The second-order valence-corrected chi connectivity index (χ2v) is 6.71. The van der Waals surface area contributed by atoms with Gasteiger partial charge in [0.2, 0.25) is 0 Å². The van der Waals surface area contributed by atoms with E-state index in [9.17, 15) is 4.79 Å². The number of aromatic nitrogens is 1. The van der Waals surface area contributed by atoms with Crippen molar-refractivity contribution >= 4 is 33.9 Å². The predicted molar refractivity (Wildman–Crippen MR) is 115 cm³/mol. The van der Waals surface area contributed by atoms with Crippen LogP contribution in [0.25, 0.3) is 10.9 Å². The van der Waals surface area contributed by atoms with Crippen LogP contribution in [0.2, 0.25) is 0 Å². The molecule has 0 radical (unpaired) electrons. The molecule has 3 rings (SSSR count). The van der Waals surface area contributed by atoms with E-state index in [1.54, 1.807) is 0 Å². The second kappa shape index (κ2) is 8.68. The first-order valence-electron chi connectivity index (χ1n) is 8.95. The van der Waals surface area contributed by atoms with Crippen molar-refractivity contribution in [1.82, 2.24) is 10.3 Å². The number of benzene rings is 2. The number of nitrogens with one attached hydrogen (secondary N) is 3. The number of pyridine rings is 1. The van der Waals surface area contributed by atoms with Gasteiger partial charge in [-0.3, -0.25) is 4.79 Å². The van der Waals surface area contributed by atoms with Gasteiger partial charge in [0.1, 0.15) is 5.75 Å². The number of rotatable bonds is 6. The lowest BCUT2D eigenvalue weighted by Crippen LogP contribution is -2.31. The number of fused-ring (bicyclic) bond motifs is 1. The van der Waals surface area contributed by atoms with Crippen LogP contribution in [0.3, 0.4) is 0 Å². The Morgan fingerprint density at radius 2 is 1.93 bits per heavy atom. The lowest BCUT2D eigenvalue weighted by molar-refractivity contribution is 0.340. The minimum Gasteiger partial charge on any atom is -0.494 e. The predicted octanol–water partition coefficient (Wildman–Crippen LogP) is 3.76. The van der Waals surface area contributed by atoms with Crippen LogP contribution in [0.4, 0.5) is 5.69 Å². The molecule has 0 aliphatic heterocycles. The molecule has 0 fully saturated rings. The molecule has 6 heteroatoms. The van der Waals surface area contributed by atoms with E-state index in [0.29, 0.717) is 24.7 Å². The zero-order chi connectivity index (χ0) is 19.2. The zero-order valence-electron chi connectivity index (χ0n) is 15.5. The van der Waals surface area contributed by atoms with E-state index in [4.69, 9.17) is 17.0 Å². The van der Waals surface area contributed by atoms with Crippen molar-refractivity contribution in [2.45, 2.75) is 20.3 Å². The van der Waals surface area contributed by atoms with Crippen molar-refractivity contribution in [3.63, 3.8) is 0 Å². The number of ether oxygens (including phenoxy) is 1. The van der Waals surface area contributed by atoms with Crippen LogP contribution in [0, 0.1) is 6.92 Å². The zero-order valence-corrected chi connectivity index (χ0v) is 16.3. The van der Waals surface area contributed by atoms with Gasteiger partial charge in [0, 0.05) is 23.3 Å². The maximum Gasteiger partial charge on any atom is 0.251 e. The highest BCUT2D eigenvalue weighted by atomic mass is 32.1. The van der Waals surface area contributed by atoms with Crippen molar-refractivity contribution in [1.29, 1.82) is 0 Å². The molecule has 0 saturated heterocycles. The van der Waals surface area contributed by atoms with Gasteiger partial charge >= 0.3 is 0 Å². The van der Waals surface area contributed by atoms with E-state index < -0.39 is 0 Å². The number of hydrogen-bond acceptors (Lipinski definition) is 3. The van der Waals surface area contributed by atoms with Gasteiger partial charge in [0.15, 0.2) is 5.11 Å². The fourth-order valence-corrected chi connectivity index (χ4v) is 3.05. The van der Waals surface area contributed by atoms with Gasteiger partial charge in [-0.1, -0.05) is 12.1 Å². The largest absolute Gasteiger partial charge is 0.494 e. The number of aryl methyl sites for hydroxylation is 1. The third kappa shape index (κ3) is 5.08. The summed E-state index contributed by atoms with van der Waals surface area (Å²) in [7, 11) is 0. The minimum absolute atomic E-state index is 0.0553. The highest BCUT2D eigenvalue weighted by Crippen LogP contribution is 2.15. The quantitative estimate of drug-likeness (QED) is 0.567. The van der Waals surface area contributed by atoms with E-state index in [1.807, 2.05) is 62.4 Å². The Bertz CT molecular complexity index is 996. The maximum atomic E-state index is 12.3. The molecular formula is C21H23N3O2S. The number of thiocarbonyl (C=S) groups is 1. The first-order chi connectivity index (χ1) is 13.0. The van der Waals surface area contributed by atoms with E-state index in [2.05, 4.69) is 15.6 Å². The number of aromatic amines is 1. The fraction of sp³-hybridized carbons (Fsp3) is 0.238. The lowest BCUT2D eigenvalue weighted by atomic mass is 10.1. The molecule has 2 aromatic carbocycles. The van der Waals surface area contributed by atoms with Crippen LogP contribution in [0.5, 0.6) is 5.75 Å². The molecular weight excluding hydrogens is 358 g/mol. The van der Waals surface area contributed by atoms with Gasteiger partial charge in [-0.2, -0.15) is 0 Å². The van der Waals surface area contributed by atoms with Crippen LogP contribution in [-0.4, -0.2) is 23.2 Å². The minimum atomic E-state index is -0.0553. The average Bonchev–Trinajstić information content (AvgIpc) is 2.64. The Balaban J connectivity index is 1.55. The Morgan fingerprint density at radius 3 is 2.67 bits per heavy atom. The first-order valence-corrected chi connectivity index (χ1v) is 9.36. The molecule has 5 nitrogen and oxygen atoms in total. The number of anilines is 1. The van der Waals surface area contributed by atoms with Crippen molar-refractivity contribution in [2.24, 2.45) is 0 Å². The van der Waals surface area contributed by atoms with E-state index in [0.717, 1.165) is 33.5 Å². The molecule has 0 bridgehead atoms. The Labute approximate surface area is 163 Å². The van der Waals surface area contributed by atoms with Crippen molar-refractivity contribution < 1.29 is 4.74 Å². The van der Waals surface area contributed by atoms with E-state index in [1.165, 1.54) is 0 Å². The number of hydrogen-bond donors (Lipinski definition) is 3. The topological polar surface area (TPSA) is 66.2 Å². The summed E-state index contributed by atoms with van der Waals surface area (Å²) in [5.41, 5.74) is 3.56. The molecule has 27 heavy (non-hydrogen) atoms. The smallest absolute Gasteiger partial charge is 0.251 e. The van der Waals surface area contributed by atoms with Crippen LogP contribution in [-0.2, 0) is 6.42 Å². The molecule has 1 aromatic heterocycles. The third-order valence-corrected chi connectivity index (χ3v) is 4.43.